The molecule has 2 heterocycles. The number of benzene rings is 2. The summed E-state index contributed by atoms with van der Waals surface area (Å²) in [6.45, 7) is 12.7. The minimum Gasteiger partial charge on any atom is -0.478 e. The highest BCUT2D eigenvalue weighted by Gasteiger charge is 2.12. The van der Waals surface area contributed by atoms with Gasteiger partial charge in [0.2, 0.25) is 0 Å². The molecule has 2 fully saturated rings. The second-order valence-electron chi connectivity index (χ2n) is 9.97. The van der Waals surface area contributed by atoms with Gasteiger partial charge in [0.15, 0.2) is 0 Å². The Kier molecular flexibility index (Phi) is 19.2. The van der Waals surface area contributed by atoms with Crippen LogP contribution < -0.4 is 16.8 Å². The van der Waals surface area contributed by atoms with Crippen molar-refractivity contribution in [2.75, 3.05) is 70.5 Å². The number of nitrogens with two attached hydrogens (primary N) is 2. The summed E-state index contributed by atoms with van der Waals surface area (Å²) in [6, 6.07) is 9.52. The van der Waals surface area contributed by atoms with Gasteiger partial charge in [-0.15, -0.1) is 18.8 Å². The van der Waals surface area contributed by atoms with Crippen LogP contribution in [0.3, 0.4) is 0 Å². The molecule has 2 aromatic rings. The van der Waals surface area contributed by atoms with E-state index >= 15 is 0 Å². The van der Waals surface area contributed by atoms with E-state index in [1.54, 1.807) is 31.2 Å². The first-order chi connectivity index (χ1) is 20.6. The largest absolute Gasteiger partial charge is 0.478 e. The smallest absolute Gasteiger partial charge is 0.335 e. The molecular formula is C33H46BrN5O4. The second-order valence-corrected chi connectivity index (χ2v) is 10.9. The van der Waals surface area contributed by atoms with Gasteiger partial charge in [0, 0.05) is 53.2 Å². The average Bonchev–Trinajstić information content (AvgIpc) is 2.98. The van der Waals surface area contributed by atoms with Crippen molar-refractivity contribution in [2.45, 2.75) is 39.5 Å². The SMILES string of the molecule is C#CC.C#Cc1cc(N)cc(C(=O)NCCN2CCOCC2)c1.CCCN1CCCCC1.Nc1cc(Br)cc(C(=O)O)c1. The average molecular weight is 657 g/mol. The number of terminal acetylenes is 2. The molecule has 0 spiro atoms. The van der Waals surface area contributed by atoms with E-state index in [0.717, 1.165) is 32.8 Å². The van der Waals surface area contributed by atoms with E-state index in [2.05, 4.69) is 56.2 Å². The Labute approximate surface area is 265 Å². The van der Waals surface area contributed by atoms with Gasteiger partial charge in [-0.3, -0.25) is 9.69 Å². The highest BCUT2D eigenvalue weighted by atomic mass is 79.9. The number of morpholine rings is 1. The van der Waals surface area contributed by atoms with Gasteiger partial charge in [-0.1, -0.05) is 35.2 Å². The van der Waals surface area contributed by atoms with E-state index in [-0.39, 0.29) is 11.5 Å². The Morgan fingerprint density at radius 1 is 0.930 bits per heavy atom. The number of hydrogen-bond donors (Lipinski definition) is 4. The third-order valence-corrected chi connectivity index (χ3v) is 6.81. The fourth-order valence-electron chi connectivity index (χ4n) is 4.36. The quantitative estimate of drug-likeness (QED) is 0.252. The predicted octanol–water partition coefficient (Wildman–Crippen LogP) is 4.56. The van der Waals surface area contributed by atoms with Crippen molar-refractivity contribution in [3.8, 4) is 24.7 Å². The molecule has 43 heavy (non-hydrogen) atoms. The second kappa shape index (κ2) is 22.1. The number of aromatic carboxylic acids is 1. The van der Waals surface area contributed by atoms with Gasteiger partial charge >= 0.3 is 5.97 Å². The first-order valence-electron chi connectivity index (χ1n) is 14.5. The number of ether oxygens (including phenoxy) is 1. The summed E-state index contributed by atoms with van der Waals surface area (Å²) >= 11 is 3.14. The van der Waals surface area contributed by atoms with Crippen LogP contribution in [0.15, 0.2) is 40.9 Å². The van der Waals surface area contributed by atoms with Crippen LogP contribution in [0.5, 0.6) is 0 Å². The molecule has 0 saturated carbocycles. The predicted molar refractivity (Wildman–Crippen MR) is 179 cm³/mol. The lowest BCUT2D eigenvalue weighted by Gasteiger charge is -2.26. The maximum atomic E-state index is 12.0. The summed E-state index contributed by atoms with van der Waals surface area (Å²) < 4.78 is 5.95. The molecule has 0 atom stereocenters. The van der Waals surface area contributed by atoms with Gasteiger partial charge in [-0.25, -0.2) is 4.79 Å². The summed E-state index contributed by atoms with van der Waals surface area (Å²) in [6.07, 6.45) is 15.6. The Morgan fingerprint density at radius 2 is 1.51 bits per heavy atom. The molecule has 4 rings (SSSR count). The van der Waals surface area contributed by atoms with Gasteiger partial charge in [-0.2, -0.15) is 0 Å². The summed E-state index contributed by atoms with van der Waals surface area (Å²) in [5.74, 6) is 3.61. The Balaban J connectivity index is 0.000000338. The van der Waals surface area contributed by atoms with E-state index in [4.69, 9.17) is 27.7 Å². The molecule has 0 bridgehead atoms. The molecule has 2 aromatic carbocycles. The van der Waals surface area contributed by atoms with E-state index < -0.39 is 5.97 Å². The minimum atomic E-state index is -0.974. The van der Waals surface area contributed by atoms with Crippen molar-refractivity contribution in [3.05, 3.63) is 57.6 Å². The molecule has 0 aliphatic carbocycles. The number of likely N-dealkylation sites (tertiary alicyclic amines) is 1. The number of amides is 1. The Hall–Kier alpha value is -3.54. The number of rotatable bonds is 7. The van der Waals surface area contributed by atoms with Crippen LogP contribution >= 0.6 is 15.9 Å². The van der Waals surface area contributed by atoms with Crippen LogP contribution in [0.4, 0.5) is 11.4 Å². The first-order valence-corrected chi connectivity index (χ1v) is 15.3. The standard InChI is InChI=1S/C15H19N3O2.C8H17N.C7H6BrNO2.C3H4/c1-2-12-9-13(11-14(16)10-12)15(19)17-3-4-18-5-7-20-8-6-18;1-2-6-9-7-4-3-5-8-9;8-5-1-4(7(10)11)2-6(9)3-5;1-3-2/h1,9-11H,3-8,16H2,(H,17,19);2-8H2,1H3;1-3H,9H2,(H,10,11);1H,2H3. The normalized spacial score (nSPS) is 14.5. The lowest BCUT2D eigenvalue weighted by atomic mass is 10.1. The van der Waals surface area contributed by atoms with E-state index in [1.807, 2.05) is 0 Å². The number of nitrogens with zero attached hydrogens (tertiary/aromatic N) is 2. The van der Waals surface area contributed by atoms with Crippen LogP contribution in [-0.2, 0) is 4.74 Å². The highest BCUT2D eigenvalue weighted by molar-refractivity contribution is 9.10. The first kappa shape index (κ1) is 37.5. The van der Waals surface area contributed by atoms with Crippen LogP contribution in [0.25, 0.3) is 0 Å². The summed E-state index contributed by atoms with van der Waals surface area (Å²) in [5.41, 5.74) is 13.4. The summed E-state index contributed by atoms with van der Waals surface area (Å²) in [7, 11) is 0. The summed E-state index contributed by atoms with van der Waals surface area (Å²) in [5, 5.41) is 11.4. The maximum absolute atomic E-state index is 12.0. The fraction of sp³-hybridized carbons (Fsp3) is 0.455. The zero-order chi connectivity index (χ0) is 32.0. The van der Waals surface area contributed by atoms with Crippen molar-refractivity contribution in [1.29, 1.82) is 0 Å². The number of carbonyl (C=O) groups excluding carboxylic acids is 1. The molecule has 9 nitrogen and oxygen atoms in total. The molecule has 234 valence electrons. The van der Waals surface area contributed by atoms with Gasteiger partial charge < -0.3 is 31.5 Å². The van der Waals surface area contributed by atoms with Crippen molar-refractivity contribution in [2.24, 2.45) is 0 Å². The number of piperidine rings is 1. The monoisotopic (exact) mass is 655 g/mol. The maximum Gasteiger partial charge on any atom is 0.335 e. The van der Waals surface area contributed by atoms with Gasteiger partial charge in [0.25, 0.3) is 5.91 Å². The number of carboxylic acid groups (broad SMARTS) is 1. The van der Waals surface area contributed by atoms with Crippen LogP contribution in [0.2, 0.25) is 0 Å². The van der Waals surface area contributed by atoms with Crippen molar-refractivity contribution < 1.29 is 19.4 Å². The fourth-order valence-corrected chi connectivity index (χ4v) is 4.87. The van der Waals surface area contributed by atoms with Crippen LogP contribution in [-0.4, -0.2) is 85.8 Å². The number of carbonyl (C=O) groups is 2. The third-order valence-electron chi connectivity index (χ3n) is 6.36. The van der Waals surface area contributed by atoms with E-state index in [0.29, 0.717) is 33.5 Å². The number of nitrogen functional groups attached to an aromatic ring is 2. The Morgan fingerprint density at radius 3 is 2.07 bits per heavy atom. The van der Waals surface area contributed by atoms with Crippen molar-refractivity contribution in [1.82, 2.24) is 15.1 Å². The molecule has 2 aliphatic heterocycles. The Bertz CT molecular complexity index is 1190. The third kappa shape index (κ3) is 16.6. The molecule has 0 aromatic heterocycles. The van der Waals surface area contributed by atoms with Gasteiger partial charge in [0.05, 0.1) is 18.8 Å². The molecule has 1 amide bonds. The molecule has 2 saturated heterocycles. The molecule has 0 radical (unpaired) electrons. The zero-order valence-corrected chi connectivity index (χ0v) is 27.0. The lowest BCUT2D eigenvalue weighted by Crippen LogP contribution is -2.41. The van der Waals surface area contributed by atoms with E-state index in [1.165, 1.54) is 57.5 Å². The van der Waals surface area contributed by atoms with Crippen LogP contribution in [0, 0.1) is 24.7 Å². The number of halogens is 1. The van der Waals surface area contributed by atoms with E-state index in [9.17, 15) is 9.59 Å². The number of carboxylic acids is 1. The number of anilines is 2. The summed E-state index contributed by atoms with van der Waals surface area (Å²) in [4.78, 5) is 27.3. The molecule has 10 heteroatoms. The van der Waals surface area contributed by atoms with Crippen molar-refractivity contribution >= 4 is 39.2 Å². The van der Waals surface area contributed by atoms with Gasteiger partial charge in [-0.05, 0) is 82.2 Å². The molecular weight excluding hydrogens is 610 g/mol. The van der Waals surface area contributed by atoms with Crippen LogP contribution in [0.1, 0.15) is 65.8 Å². The number of nitrogens with one attached hydrogen (secondary N) is 1. The lowest BCUT2D eigenvalue weighted by molar-refractivity contribution is 0.0383. The number of hydrogen-bond acceptors (Lipinski definition) is 7. The molecule has 0 unspecified atom stereocenters. The topological polar surface area (TPSA) is 134 Å². The van der Waals surface area contributed by atoms with Crippen molar-refractivity contribution in [3.63, 3.8) is 0 Å². The zero-order valence-electron chi connectivity index (χ0n) is 25.4. The molecule has 2 aliphatic rings. The minimum absolute atomic E-state index is 0.151. The molecule has 6 N–H and O–H groups in total. The van der Waals surface area contributed by atoms with Gasteiger partial charge in [0.1, 0.15) is 0 Å². The highest BCUT2D eigenvalue weighted by Crippen LogP contribution is 2.17.